The van der Waals surface area contributed by atoms with Gasteiger partial charge in [-0.2, -0.15) is 0 Å². The molecule has 5 nitrogen and oxygen atoms in total. The van der Waals surface area contributed by atoms with Crippen LogP contribution in [0.5, 0.6) is 0 Å². The molecule has 17 heavy (non-hydrogen) atoms. The summed E-state index contributed by atoms with van der Waals surface area (Å²) in [4.78, 5) is 22.4. The first-order chi connectivity index (χ1) is 8.20. The third-order valence-electron chi connectivity index (χ3n) is 2.40. The lowest BCUT2D eigenvalue weighted by Gasteiger charge is -2.03. The van der Waals surface area contributed by atoms with Gasteiger partial charge in [0.2, 0.25) is 0 Å². The third kappa shape index (κ3) is 11.3. The SMILES string of the molecule is NCCCCCC(=O)OC(=O)CCCCCN. The molecule has 0 fully saturated rings. The van der Waals surface area contributed by atoms with Gasteiger partial charge in [0.15, 0.2) is 0 Å². The zero-order valence-electron chi connectivity index (χ0n) is 10.5. The van der Waals surface area contributed by atoms with Crippen LogP contribution in [-0.2, 0) is 14.3 Å². The molecule has 5 heteroatoms. The van der Waals surface area contributed by atoms with Crippen LogP contribution in [0.1, 0.15) is 51.4 Å². The van der Waals surface area contributed by atoms with E-state index in [2.05, 4.69) is 4.74 Å². The largest absolute Gasteiger partial charge is 0.393 e. The summed E-state index contributed by atoms with van der Waals surface area (Å²) in [5.41, 5.74) is 10.7. The summed E-state index contributed by atoms with van der Waals surface area (Å²) < 4.78 is 4.67. The van der Waals surface area contributed by atoms with Gasteiger partial charge in [-0.05, 0) is 38.8 Å². The predicted molar refractivity (Wildman–Crippen MR) is 66.1 cm³/mol. The minimum Gasteiger partial charge on any atom is -0.393 e. The lowest BCUT2D eigenvalue weighted by atomic mass is 10.2. The van der Waals surface area contributed by atoms with Crippen LogP contribution < -0.4 is 11.5 Å². The summed E-state index contributed by atoms with van der Waals surface area (Å²) in [5.74, 6) is -0.850. The minimum absolute atomic E-state index is 0.300. The molecule has 0 heterocycles. The highest BCUT2D eigenvalue weighted by Crippen LogP contribution is 2.04. The van der Waals surface area contributed by atoms with E-state index in [0.717, 1.165) is 38.5 Å². The Balaban J connectivity index is 3.42. The molecule has 0 aromatic heterocycles. The number of ether oxygens (including phenoxy) is 1. The predicted octanol–water partition coefficient (Wildman–Crippen LogP) is 1.09. The highest BCUT2D eigenvalue weighted by Gasteiger charge is 2.09. The maximum atomic E-state index is 11.2. The molecule has 0 aliphatic carbocycles. The van der Waals surface area contributed by atoms with Crippen LogP contribution in [0.25, 0.3) is 0 Å². The molecule has 0 atom stereocenters. The smallest absolute Gasteiger partial charge is 0.313 e. The van der Waals surface area contributed by atoms with E-state index in [0.29, 0.717) is 25.9 Å². The highest BCUT2D eigenvalue weighted by atomic mass is 16.6. The fourth-order valence-electron chi connectivity index (χ4n) is 1.41. The molecular formula is C12H24N2O3. The van der Waals surface area contributed by atoms with Gasteiger partial charge in [0, 0.05) is 12.8 Å². The van der Waals surface area contributed by atoms with Gasteiger partial charge < -0.3 is 16.2 Å². The van der Waals surface area contributed by atoms with Crippen molar-refractivity contribution < 1.29 is 14.3 Å². The van der Waals surface area contributed by atoms with Crippen LogP contribution in [0, 0.1) is 0 Å². The Hall–Kier alpha value is -0.940. The van der Waals surface area contributed by atoms with Crippen LogP contribution in [-0.4, -0.2) is 25.0 Å². The normalized spacial score (nSPS) is 10.2. The highest BCUT2D eigenvalue weighted by molar-refractivity contribution is 5.85. The van der Waals surface area contributed by atoms with Crippen molar-refractivity contribution in [2.24, 2.45) is 11.5 Å². The molecule has 4 N–H and O–H groups in total. The van der Waals surface area contributed by atoms with E-state index in [1.807, 2.05) is 0 Å². The van der Waals surface area contributed by atoms with E-state index >= 15 is 0 Å². The van der Waals surface area contributed by atoms with Gasteiger partial charge in [-0.3, -0.25) is 9.59 Å². The molecule has 0 aliphatic rings. The van der Waals surface area contributed by atoms with E-state index in [1.165, 1.54) is 0 Å². The van der Waals surface area contributed by atoms with Crippen LogP contribution in [0.3, 0.4) is 0 Å². The van der Waals surface area contributed by atoms with Crippen molar-refractivity contribution in [3.05, 3.63) is 0 Å². The van der Waals surface area contributed by atoms with Crippen molar-refractivity contribution in [2.45, 2.75) is 51.4 Å². The molecule has 0 saturated heterocycles. The third-order valence-corrected chi connectivity index (χ3v) is 2.40. The van der Waals surface area contributed by atoms with Gasteiger partial charge >= 0.3 is 11.9 Å². The summed E-state index contributed by atoms with van der Waals surface area (Å²) >= 11 is 0. The van der Waals surface area contributed by atoms with E-state index in [9.17, 15) is 9.59 Å². The maximum Gasteiger partial charge on any atom is 0.313 e. The van der Waals surface area contributed by atoms with Gasteiger partial charge in [-0.15, -0.1) is 0 Å². The second kappa shape index (κ2) is 11.5. The number of hydrogen-bond acceptors (Lipinski definition) is 5. The molecular weight excluding hydrogens is 220 g/mol. The Kier molecular flexibility index (Phi) is 10.9. The Bertz CT molecular complexity index is 198. The fraction of sp³-hybridized carbons (Fsp3) is 0.833. The summed E-state index contributed by atoms with van der Waals surface area (Å²) in [6.07, 6.45) is 5.67. The number of nitrogens with two attached hydrogens (primary N) is 2. The second-order valence-electron chi connectivity index (χ2n) is 4.04. The maximum absolute atomic E-state index is 11.2. The summed E-state index contributed by atoms with van der Waals surface area (Å²) in [6.45, 7) is 1.27. The zero-order chi connectivity index (χ0) is 12.9. The molecule has 0 amide bonds. The number of unbranched alkanes of at least 4 members (excludes halogenated alkanes) is 4. The molecule has 0 rings (SSSR count). The average molecular weight is 244 g/mol. The van der Waals surface area contributed by atoms with Gasteiger partial charge in [0.25, 0.3) is 0 Å². The minimum atomic E-state index is -0.425. The molecule has 0 aliphatic heterocycles. The van der Waals surface area contributed by atoms with Gasteiger partial charge in [0.1, 0.15) is 0 Å². The Morgan fingerprint density at radius 1 is 0.706 bits per heavy atom. The Morgan fingerprint density at radius 3 is 1.47 bits per heavy atom. The van der Waals surface area contributed by atoms with Crippen molar-refractivity contribution in [3.8, 4) is 0 Å². The van der Waals surface area contributed by atoms with E-state index in [4.69, 9.17) is 11.5 Å². The van der Waals surface area contributed by atoms with Gasteiger partial charge in [-0.25, -0.2) is 0 Å². The lowest BCUT2D eigenvalue weighted by molar-refractivity contribution is -0.159. The van der Waals surface area contributed by atoms with Gasteiger partial charge in [0.05, 0.1) is 0 Å². The molecule has 0 aromatic carbocycles. The molecule has 0 bridgehead atoms. The molecule has 0 radical (unpaired) electrons. The Labute approximate surface area is 103 Å². The van der Waals surface area contributed by atoms with E-state index in [-0.39, 0.29) is 0 Å². The number of rotatable bonds is 10. The monoisotopic (exact) mass is 244 g/mol. The molecule has 100 valence electrons. The van der Waals surface area contributed by atoms with Crippen molar-refractivity contribution in [2.75, 3.05) is 13.1 Å². The summed E-state index contributed by atoms with van der Waals surface area (Å²) in [5, 5.41) is 0. The van der Waals surface area contributed by atoms with Gasteiger partial charge in [-0.1, -0.05) is 12.8 Å². The average Bonchev–Trinajstić information content (AvgIpc) is 2.30. The molecule has 0 aromatic rings. The topological polar surface area (TPSA) is 95.4 Å². The zero-order valence-corrected chi connectivity index (χ0v) is 10.5. The number of esters is 2. The summed E-state index contributed by atoms with van der Waals surface area (Å²) in [6, 6.07) is 0. The van der Waals surface area contributed by atoms with Crippen molar-refractivity contribution in [3.63, 3.8) is 0 Å². The lowest BCUT2D eigenvalue weighted by Crippen LogP contribution is -2.12. The quantitative estimate of drug-likeness (QED) is 0.341. The first kappa shape index (κ1) is 16.1. The van der Waals surface area contributed by atoms with Crippen molar-refractivity contribution >= 4 is 11.9 Å². The number of carbonyl (C=O) groups excluding carboxylic acids is 2. The first-order valence-electron chi connectivity index (χ1n) is 6.34. The van der Waals surface area contributed by atoms with E-state index < -0.39 is 11.9 Å². The molecule has 0 saturated carbocycles. The van der Waals surface area contributed by atoms with Crippen LogP contribution in [0.15, 0.2) is 0 Å². The summed E-state index contributed by atoms with van der Waals surface area (Å²) in [7, 11) is 0. The van der Waals surface area contributed by atoms with E-state index in [1.54, 1.807) is 0 Å². The second-order valence-corrected chi connectivity index (χ2v) is 4.04. The van der Waals surface area contributed by atoms with Crippen LogP contribution in [0.2, 0.25) is 0 Å². The number of hydrogen-bond donors (Lipinski definition) is 2. The molecule has 0 spiro atoms. The standard InChI is InChI=1S/C12H24N2O3/c13-9-5-1-3-7-11(15)17-12(16)8-4-2-6-10-14/h1-10,13-14H2. The van der Waals surface area contributed by atoms with Crippen molar-refractivity contribution in [1.82, 2.24) is 0 Å². The fourth-order valence-corrected chi connectivity index (χ4v) is 1.41. The molecule has 0 unspecified atom stereocenters. The van der Waals surface area contributed by atoms with Crippen LogP contribution >= 0.6 is 0 Å². The van der Waals surface area contributed by atoms with Crippen LogP contribution in [0.4, 0.5) is 0 Å². The number of carbonyl (C=O) groups is 2. The van der Waals surface area contributed by atoms with Crippen molar-refractivity contribution in [1.29, 1.82) is 0 Å². The first-order valence-corrected chi connectivity index (χ1v) is 6.34. The Morgan fingerprint density at radius 2 is 1.12 bits per heavy atom.